The molecule has 168 valence electrons. The summed E-state index contributed by atoms with van der Waals surface area (Å²) in [4.78, 5) is 6.14. The fourth-order valence-electron chi connectivity index (χ4n) is 4.89. The van der Waals surface area contributed by atoms with Crippen molar-refractivity contribution < 1.29 is 18.3 Å². The fraction of sp³-hybridized carbons (Fsp3) is 0.522. The number of sulfonamides is 1. The molecule has 31 heavy (non-hydrogen) atoms. The van der Waals surface area contributed by atoms with Crippen molar-refractivity contribution in [3.63, 3.8) is 0 Å². The van der Waals surface area contributed by atoms with Crippen LogP contribution < -0.4 is 9.62 Å². The predicted octanol–water partition coefficient (Wildman–Crippen LogP) is 3.03. The Bertz CT molecular complexity index is 962. The second-order valence-electron chi connectivity index (χ2n) is 8.63. The van der Waals surface area contributed by atoms with Crippen molar-refractivity contribution in [1.82, 2.24) is 9.71 Å². The molecule has 2 aliphatic rings. The third-order valence-electron chi connectivity index (χ3n) is 6.45. The Balaban J connectivity index is 1.40. The highest BCUT2D eigenvalue weighted by molar-refractivity contribution is 7.88. The summed E-state index contributed by atoms with van der Waals surface area (Å²) < 4.78 is 32.8. The maximum atomic E-state index is 11.9. The predicted molar refractivity (Wildman–Crippen MR) is 121 cm³/mol. The van der Waals surface area contributed by atoms with Gasteiger partial charge in [0.25, 0.3) is 0 Å². The van der Waals surface area contributed by atoms with Crippen LogP contribution >= 0.6 is 0 Å². The lowest BCUT2D eigenvalue weighted by molar-refractivity contribution is 0.0156. The number of ether oxygens (including phenoxy) is 1. The number of anilines is 1. The van der Waals surface area contributed by atoms with Crippen LogP contribution in [-0.4, -0.2) is 56.1 Å². The first-order valence-corrected chi connectivity index (χ1v) is 12.8. The highest BCUT2D eigenvalue weighted by Crippen LogP contribution is 2.36. The maximum Gasteiger partial charge on any atom is 0.209 e. The lowest BCUT2D eigenvalue weighted by Gasteiger charge is -2.33. The first kappa shape index (κ1) is 22.0. The molecule has 1 saturated heterocycles. The molecule has 7 nitrogen and oxygen atoms in total. The Labute approximate surface area is 184 Å². The molecule has 0 bridgehead atoms. The topological polar surface area (TPSA) is 91.8 Å². The quantitative estimate of drug-likeness (QED) is 0.681. The largest absolute Gasteiger partial charge is 0.506 e. The minimum atomic E-state index is -3.35. The first-order chi connectivity index (χ1) is 14.9. The minimum absolute atomic E-state index is 0.142. The molecule has 2 N–H and O–H groups in total. The standard InChI is InChI=1S/C23H31N3O4S/c1-31(28,29)25-20-12-14-26(21-15-24-13-11-23(21)27)22(20)16-30-19-9-7-18(8-10-19)17-5-3-2-4-6-17/h2-6,11,13,15,18-20,22,25H,7-10,12,14,16H2,1H3,(H,24,27)/t18-,19+,20-,22-/m0/s1. The van der Waals surface area contributed by atoms with Gasteiger partial charge in [-0.3, -0.25) is 4.98 Å². The lowest BCUT2D eigenvalue weighted by Crippen LogP contribution is -2.48. The highest BCUT2D eigenvalue weighted by Gasteiger charge is 2.38. The van der Waals surface area contributed by atoms with Crippen LogP contribution in [0.15, 0.2) is 48.8 Å². The summed E-state index contributed by atoms with van der Waals surface area (Å²) in [6.45, 7) is 1.03. The van der Waals surface area contributed by atoms with Gasteiger partial charge in [-0.2, -0.15) is 0 Å². The number of nitrogens with zero attached hydrogens (tertiary/aromatic N) is 2. The Morgan fingerprint density at radius 2 is 1.87 bits per heavy atom. The number of rotatable bonds is 7. The van der Waals surface area contributed by atoms with E-state index in [1.165, 1.54) is 18.0 Å². The van der Waals surface area contributed by atoms with Crippen LogP contribution in [0.4, 0.5) is 5.69 Å². The Morgan fingerprint density at radius 1 is 1.13 bits per heavy atom. The van der Waals surface area contributed by atoms with E-state index in [0.29, 0.717) is 31.2 Å². The van der Waals surface area contributed by atoms with E-state index in [0.717, 1.165) is 25.7 Å². The van der Waals surface area contributed by atoms with Crippen molar-refractivity contribution in [3.05, 3.63) is 54.4 Å². The molecular formula is C23H31N3O4S. The van der Waals surface area contributed by atoms with E-state index in [-0.39, 0.29) is 23.9 Å². The number of nitrogens with one attached hydrogen (secondary N) is 1. The van der Waals surface area contributed by atoms with Gasteiger partial charge in [0.05, 0.1) is 36.9 Å². The van der Waals surface area contributed by atoms with Crippen LogP contribution in [0.25, 0.3) is 0 Å². The average molecular weight is 446 g/mol. The van der Waals surface area contributed by atoms with E-state index < -0.39 is 10.0 Å². The van der Waals surface area contributed by atoms with E-state index >= 15 is 0 Å². The number of aromatic nitrogens is 1. The molecule has 1 aromatic heterocycles. The van der Waals surface area contributed by atoms with Crippen molar-refractivity contribution in [1.29, 1.82) is 0 Å². The lowest BCUT2D eigenvalue weighted by atomic mass is 9.83. The Kier molecular flexibility index (Phi) is 6.79. The molecule has 2 aromatic rings. The third-order valence-corrected chi connectivity index (χ3v) is 7.18. The molecule has 0 spiro atoms. The van der Waals surface area contributed by atoms with Gasteiger partial charge in [-0.25, -0.2) is 13.1 Å². The van der Waals surface area contributed by atoms with Crippen molar-refractivity contribution in [3.8, 4) is 5.75 Å². The van der Waals surface area contributed by atoms with Crippen LogP contribution in [0.3, 0.4) is 0 Å². The number of pyridine rings is 1. The number of benzene rings is 1. The summed E-state index contributed by atoms with van der Waals surface area (Å²) in [5.41, 5.74) is 2.01. The van der Waals surface area contributed by atoms with E-state index in [9.17, 15) is 13.5 Å². The monoisotopic (exact) mass is 445 g/mol. The molecule has 1 aliphatic heterocycles. The SMILES string of the molecule is CS(=O)(=O)N[C@H]1CCN(c2cnccc2O)[C@H]1CO[C@H]1CC[C@@H](c2ccccc2)CC1. The third kappa shape index (κ3) is 5.56. The summed E-state index contributed by atoms with van der Waals surface area (Å²) >= 11 is 0. The zero-order valence-corrected chi connectivity index (χ0v) is 18.7. The minimum Gasteiger partial charge on any atom is -0.506 e. The van der Waals surface area contributed by atoms with Crippen molar-refractivity contribution >= 4 is 15.7 Å². The van der Waals surface area contributed by atoms with Gasteiger partial charge in [-0.15, -0.1) is 0 Å². The second-order valence-corrected chi connectivity index (χ2v) is 10.4. The van der Waals surface area contributed by atoms with Gasteiger partial charge in [0.2, 0.25) is 10.0 Å². The second kappa shape index (κ2) is 9.54. The summed E-state index contributed by atoms with van der Waals surface area (Å²) in [7, 11) is -3.35. The normalized spacial score (nSPS) is 26.8. The van der Waals surface area contributed by atoms with Gasteiger partial charge in [-0.1, -0.05) is 30.3 Å². The number of aromatic hydroxyl groups is 1. The molecule has 4 rings (SSSR count). The van der Waals surface area contributed by atoms with Gasteiger partial charge < -0.3 is 14.7 Å². The van der Waals surface area contributed by atoms with Crippen LogP contribution in [0.2, 0.25) is 0 Å². The van der Waals surface area contributed by atoms with E-state index in [1.807, 2.05) is 11.0 Å². The first-order valence-electron chi connectivity index (χ1n) is 10.9. The van der Waals surface area contributed by atoms with Crippen LogP contribution in [0.5, 0.6) is 5.75 Å². The molecular weight excluding hydrogens is 414 g/mol. The molecule has 8 heteroatoms. The highest BCUT2D eigenvalue weighted by atomic mass is 32.2. The fourth-order valence-corrected chi connectivity index (χ4v) is 5.72. The maximum absolute atomic E-state index is 11.9. The number of hydrogen-bond donors (Lipinski definition) is 2. The van der Waals surface area contributed by atoms with Crippen LogP contribution in [-0.2, 0) is 14.8 Å². The van der Waals surface area contributed by atoms with Crippen molar-refractivity contribution in [2.24, 2.45) is 0 Å². The molecule has 1 aromatic carbocycles. The summed E-state index contributed by atoms with van der Waals surface area (Å²) in [6.07, 6.45) is 9.34. The Morgan fingerprint density at radius 3 is 2.55 bits per heavy atom. The zero-order valence-electron chi connectivity index (χ0n) is 17.9. The summed E-state index contributed by atoms with van der Waals surface area (Å²) in [6, 6.07) is 11.7. The van der Waals surface area contributed by atoms with Crippen LogP contribution in [0, 0.1) is 0 Å². The van der Waals surface area contributed by atoms with Gasteiger partial charge in [0, 0.05) is 24.8 Å². The van der Waals surface area contributed by atoms with E-state index in [1.54, 1.807) is 12.3 Å². The van der Waals surface area contributed by atoms with Crippen molar-refractivity contribution in [2.75, 3.05) is 24.3 Å². The molecule has 2 fully saturated rings. The molecule has 1 saturated carbocycles. The Hall–Kier alpha value is -2.16. The van der Waals surface area contributed by atoms with Gasteiger partial charge in [0.15, 0.2) is 0 Å². The molecule has 2 atom stereocenters. The van der Waals surface area contributed by atoms with Gasteiger partial charge in [-0.05, 0) is 43.6 Å². The van der Waals surface area contributed by atoms with Gasteiger partial charge in [0.1, 0.15) is 5.75 Å². The summed E-state index contributed by atoms with van der Waals surface area (Å²) in [5, 5.41) is 10.3. The molecule has 0 radical (unpaired) electrons. The molecule has 0 unspecified atom stereocenters. The van der Waals surface area contributed by atoms with Crippen LogP contribution in [0.1, 0.15) is 43.6 Å². The molecule has 2 heterocycles. The smallest absolute Gasteiger partial charge is 0.209 e. The zero-order chi connectivity index (χ0) is 21.8. The average Bonchev–Trinajstić information content (AvgIpc) is 3.14. The summed E-state index contributed by atoms with van der Waals surface area (Å²) in [5.74, 6) is 0.722. The molecule has 0 amide bonds. The van der Waals surface area contributed by atoms with E-state index in [4.69, 9.17) is 4.74 Å². The van der Waals surface area contributed by atoms with Gasteiger partial charge >= 0.3 is 0 Å². The van der Waals surface area contributed by atoms with Crippen molar-refractivity contribution in [2.45, 2.75) is 56.2 Å². The molecule has 1 aliphatic carbocycles. The van der Waals surface area contributed by atoms with E-state index in [2.05, 4.69) is 34.0 Å². The number of hydrogen-bond acceptors (Lipinski definition) is 6.